The molecule has 27 heavy (non-hydrogen) atoms. The number of benzene rings is 2. The van der Waals surface area contributed by atoms with E-state index in [2.05, 4.69) is 9.39 Å². The van der Waals surface area contributed by atoms with Crippen LogP contribution in [0.1, 0.15) is 19.4 Å². The molecule has 0 radical (unpaired) electrons. The van der Waals surface area contributed by atoms with Gasteiger partial charge in [0.05, 0.1) is 10.6 Å². The molecule has 0 spiro atoms. The van der Waals surface area contributed by atoms with Gasteiger partial charge in [-0.3, -0.25) is 4.79 Å². The molecule has 136 valence electrons. The molecule has 1 aliphatic rings. The fourth-order valence-electron chi connectivity index (χ4n) is 2.68. The summed E-state index contributed by atoms with van der Waals surface area (Å²) >= 11 is 0. The summed E-state index contributed by atoms with van der Waals surface area (Å²) in [5, 5.41) is 0. The van der Waals surface area contributed by atoms with Gasteiger partial charge in [-0.25, -0.2) is 4.99 Å². The van der Waals surface area contributed by atoms with Gasteiger partial charge in [-0.2, -0.15) is 8.42 Å². The molecule has 0 aromatic heterocycles. The van der Waals surface area contributed by atoms with Crippen molar-refractivity contribution in [3.63, 3.8) is 0 Å². The number of hydrogen-bond donors (Lipinski definition) is 0. The summed E-state index contributed by atoms with van der Waals surface area (Å²) in [7, 11) is -3.93. The van der Waals surface area contributed by atoms with Crippen molar-refractivity contribution in [2.75, 3.05) is 0 Å². The first kappa shape index (κ1) is 18.7. The Balaban J connectivity index is 2.17. The summed E-state index contributed by atoms with van der Waals surface area (Å²) in [6.07, 6.45) is 2.94. The normalized spacial score (nSPS) is 15.3. The zero-order valence-corrected chi connectivity index (χ0v) is 15.8. The highest BCUT2D eigenvalue weighted by molar-refractivity contribution is 7.90. The molecule has 1 aliphatic carbocycles. The van der Waals surface area contributed by atoms with E-state index in [1.165, 1.54) is 24.3 Å². The van der Waals surface area contributed by atoms with E-state index in [-0.39, 0.29) is 16.5 Å². The Hall–Kier alpha value is -3.12. The molecule has 0 fully saturated rings. The van der Waals surface area contributed by atoms with Crippen molar-refractivity contribution in [1.82, 2.24) is 0 Å². The van der Waals surface area contributed by atoms with Crippen molar-refractivity contribution in [2.24, 2.45) is 9.39 Å². The number of sulfonamides is 1. The number of nitrogens with zero attached hydrogens (tertiary/aromatic N) is 2. The molecule has 6 heteroatoms. The maximum atomic E-state index is 12.7. The minimum absolute atomic E-state index is 0.0734. The summed E-state index contributed by atoms with van der Waals surface area (Å²) in [6.45, 7) is 3.53. The second-order valence-electron chi connectivity index (χ2n) is 6.09. The van der Waals surface area contributed by atoms with Gasteiger partial charge in [-0.1, -0.05) is 48.5 Å². The zero-order valence-electron chi connectivity index (χ0n) is 15.0. The number of allylic oxidation sites excluding steroid dienone is 4. The molecule has 5 nitrogen and oxygen atoms in total. The molecule has 0 atom stereocenters. The lowest BCUT2D eigenvalue weighted by Crippen LogP contribution is -2.14. The van der Waals surface area contributed by atoms with Crippen LogP contribution in [0, 0.1) is 0 Å². The number of amidine groups is 1. The van der Waals surface area contributed by atoms with E-state index in [4.69, 9.17) is 0 Å². The first-order chi connectivity index (χ1) is 12.9. The molecule has 0 aliphatic heterocycles. The van der Waals surface area contributed by atoms with E-state index in [0.717, 1.165) is 0 Å². The number of hydrogen-bond acceptors (Lipinski definition) is 3. The minimum atomic E-state index is -3.93. The summed E-state index contributed by atoms with van der Waals surface area (Å²) in [5.74, 6) is -0.0386. The van der Waals surface area contributed by atoms with Crippen molar-refractivity contribution in [1.29, 1.82) is 0 Å². The average molecular weight is 378 g/mol. The zero-order chi connectivity index (χ0) is 19.4. The van der Waals surface area contributed by atoms with Crippen molar-refractivity contribution < 1.29 is 13.2 Å². The van der Waals surface area contributed by atoms with Crippen LogP contribution in [-0.2, 0) is 14.8 Å². The van der Waals surface area contributed by atoms with Crippen LogP contribution in [0.5, 0.6) is 0 Å². The Kier molecular flexibility index (Phi) is 5.28. The Morgan fingerprint density at radius 2 is 1.33 bits per heavy atom. The van der Waals surface area contributed by atoms with Crippen molar-refractivity contribution in [3.05, 3.63) is 89.5 Å². The third-order valence-electron chi connectivity index (χ3n) is 3.96. The molecule has 0 unspecified atom stereocenters. The van der Waals surface area contributed by atoms with Gasteiger partial charge in [-0.15, -0.1) is 4.40 Å². The number of ketones is 1. The van der Waals surface area contributed by atoms with Gasteiger partial charge in [0.25, 0.3) is 10.0 Å². The van der Waals surface area contributed by atoms with Crippen molar-refractivity contribution >= 4 is 27.4 Å². The Morgan fingerprint density at radius 3 is 1.89 bits per heavy atom. The predicted octanol–water partition coefficient (Wildman–Crippen LogP) is 3.74. The fraction of sp³-hybridized carbons (Fsp3) is 0.0952. The lowest BCUT2D eigenvalue weighted by Gasteiger charge is -2.12. The number of carbonyl (C=O) groups is 1. The maximum absolute atomic E-state index is 12.7. The standard InChI is InChI=1S/C21H18N2O3S/c1-15-13-18(24)14-16(2)20(15)22-21(17-9-5-3-6-10-17)23-27(25,26)19-11-7-4-8-12-19/h3-14H,1-2H3/b23-21+. The predicted molar refractivity (Wildman–Crippen MR) is 107 cm³/mol. The molecule has 2 aromatic carbocycles. The van der Waals surface area contributed by atoms with Crippen LogP contribution in [0.3, 0.4) is 0 Å². The first-order valence-electron chi connectivity index (χ1n) is 8.32. The topological polar surface area (TPSA) is 75.9 Å². The molecule has 2 aromatic rings. The highest BCUT2D eigenvalue weighted by Crippen LogP contribution is 2.18. The van der Waals surface area contributed by atoms with Crippen LogP contribution in [0.2, 0.25) is 0 Å². The smallest absolute Gasteiger partial charge is 0.284 e. The Bertz CT molecular complexity index is 1070. The van der Waals surface area contributed by atoms with Crippen LogP contribution in [0.15, 0.2) is 98.2 Å². The monoisotopic (exact) mass is 378 g/mol. The van der Waals surface area contributed by atoms with E-state index in [9.17, 15) is 13.2 Å². The summed E-state index contributed by atoms with van der Waals surface area (Å²) in [6, 6.07) is 16.9. The van der Waals surface area contributed by atoms with E-state index < -0.39 is 10.0 Å². The Labute approximate surface area is 158 Å². The lowest BCUT2D eigenvalue weighted by molar-refractivity contribution is -0.110. The SMILES string of the molecule is CC1=CC(=O)C=C(C)C1=N/C(=N/S(=O)(=O)c1ccccc1)c1ccccc1. The summed E-state index contributed by atoms with van der Waals surface area (Å²) in [4.78, 5) is 16.3. The van der Waals surface area contributed by atoms with Crippen LogP contribution >= 0.6 is 0 Å². The number of rotatable bonds is 3. The van der Waals surface area contributed by atoms with Gasteiger partial charge >= 0.3 is 0 Å². The second-order valence-corrected chi connectivity index (χ2v) is 7.69. The van der Waals surface area contributed by atoms with Gasteiger partial charge in [0.1, 0.15) is 0 Å². The second kappa shape index (κ2) is 7.63. The third kappa shape index (κ3) is 4.35. The van der Waals surface area contributed by atoms with E-state index >= 15 is 0 Å². The molecule has 0 heterocycles. The van der Waals surface area contributed by atoms with Gasteiger partial charge < -0.3 is 0 Å². The van der Waals surface area contributed by atoms with Crippen molar-refractivity contribution in [3.8, 4) is 0 Å². The van der Waals surface area contributed by atoms with Crippen LogP contribution in [-0.4, -0.2) is 25.7 Å². The molecule has 0 N–H and O–H groups in total. The molecular weight excluding hydrogens is 360 g/mol. The summed E-state index contributed by atoms with van der Waals surface area (Å²) in [5.41, 5.74) is 2.45. The molecule has 0 amide bonds. The van der Waals surface area contributed by atoms with E-state index in [1.54, 1.807) is 56.3 Å². The van der Waals surface area contributed by atoms with Gasteiger partial charge in [0.2, 0.25) is 0 Å². The largest absolute Gasteiger partial charge is 0.290 e. The van der Waals surface area contributed by atoms with Gasteiger partial charge in [0, 0.05) is 5.56 Å². The number of carbonyl (C=O) groups excluding carboxylic acids is 1. The molecule has 0 saturated carbocycles. The van der Waals surface area contributed by atoms with Crippen LogP contribution < -0.4 is 0 Å². The molecule has 0 bridgehead atoms. The quantitative estimate of drug-likeness (QED) is 0.464. The molecular formula is C21H18N2O3S. The first-order valence-corrected chi connectivity index (χ1v) is 9.76. The van der Waals surface area contributed by atoms with Gasteiger partial charge in [0.15, 0.2) is 11.6 Å². The average Bonchev–Trinajstić information content (AvgIpc) is 2.65. The van der Waals surface area contributed by atoms with Crippen LogP contribution in [0.4, 0.5) is 0 Å². The summed E-state index contributed by atoms with van der Waals surface area (Å²) < 4.78 is 29.5. The maximum Gasteiger partial charge on any atom is 0.284 e. The van der Waals surface area contributed by atoms with Gasteiger partial charge in [-0.05, 0) is 49.3 Å². The molecule has 3 rings (SSSR count). The van der Waals surface area contributed by atoms with E-state index in [1.807, 2.05) is 6.07 Å². The Morgan fingerprint density at radius 1 is 0.815 bits per heavy atom. The highest BCUT2D eigenvalue weighted by atomic mass is 32.2. The lowest BCUT2D eigenvalue weighted by atomic mass is 9.97. The number of aliphatic imine (C=N–C) groups is 1. The minimum Gasteiger partial charge on any atom is -0.290 e. The highest BCUT2D eigenvalue weighted by Gasteiger charge is 2.18. The van der Waals surface area contributed by atoms with E-state index in [0.29, 0.717) is 22.4 Å². The fourth-order valence-corrected chi connectivity index (χ4v) is 3.66. The van der Waals surface area contributed by atoms with Crippen LogP contribution in [0.25, 0.3) is 0 Å². The molecule has 0 saturated heterocycles. The third-order valence-corrected chi connectivity index (χ3v) is 5.24. The van der Waals surface area contributed by atoms with Crippen molar-refractivity contribution in [2.45, 2.75) is 18.7 Å².